The number of halogens is 3. The average Bonchev–Trinajstić information content (AvgIpc) is 3.04. The van der Waals surface area contributed by atoms with E-state index in [1.807, 2.05) is 6.07 Å². The Morgan fingerprint density at radius 2 is 1.88 bits per heavy atom. The molecule has 3 rings (SSSR count). The summed E-state index contributed by atoms with van der Waals surface area (Å²) in [4.78, 5) is 12.2. The summed E-state index contributed by atoms with van der Waals surface area (Å²) in [6.07, 6.45) is 0. The topological polar surface area (TPSA) is 56.0 Å². The van der Waals surface area contributed by atoms with Crippen molar-refractivity contribution < 1.29 is 9.21 Å². The Hall–Kier alpha value is -1.53. The molecule has 0 N–H and O–H groups in total. The summed E-state index contributed by atoms with van der Waals surface area (Å²) >= 11 is 18.8. The lowest BCUT2D eigenvalue weighted by atomic mass is 10.1. The lowest BCUT2D eigenvalue weighted by Gasteiger charge is -2.01. The predicted molar refractivity (Wildman–Crippen MR) is 96.3 cm³/mol. The first-order chi connectivity index (χ1) is 11.5. The lowest BCUT2D eigenvalue weighted by Crippen LogP contribution is -2.02. The third-order valence-electron chi connectivity index (χ3n) is 3.05. The number of thioether (sulfide) groups is 1. The van der Waals surface area contributed by atoms with E-state index in [0.717, 1.165) is 17.3 Å². The molecule has 2 aromatic carbocycles. The minimum Gasteiger partial charge on any atom is -0.411 e. The zero-order valence-electron chi connectivity index (χ0n) is 12.0. The van der Waals surface area contributed by atoms with Gasteiger partial charge in [0.05, 0.1) is 15.8 Å². The van der Waals surface area contributed by atoms with Gasteiger partial charge in [-0.25, -0.2) is 0 Å². The highest BCUT2D eigenvalue weighted by Crippen LogP contribution is 2.27. The summed E-state index contributed by atoms with van der Waals surface area (Å²) in [5.41, 5.74) is 1.20. The van der Waals surface area contributed by atoms with E-state index in [-0.39, 0.29) is 11.5 Å². The lowest BCUT2D eigenvalue weighted by molar-refractivity contribution is 0.102. The SMILES string of the molecule is O=C(CSc1nnc(-c2cccc(Cl)c2)o1)c1ccc(Cl)c(Cl)c1. The maximum Gasteiger partial charge on any atom is 0.277 e. The molecule has 0 spiro atoms. The van der Waals surface area contributed by atoms with Crippen LogP contribution in [-0.4, -0.2) is 21.7 Å². The molecule has 0 aliphatic heterocycles. The van der Waals surface area contributed by atoms with Gasteiger partial charge in [0.15, 0.2) is 5.78 Å². The largest absolute Gasteiger partial charge is 0.411 e. The van der Waals surface area contributed by atoms with Crippen LogP contribution in [0.25, 0.3) is 11.5 Å². The van der Waals surface area contributed by atoms with E-state index in [1.54, 1.807) is 30.3 Å². The maximum atomic E-state index is 12.2. The van der Waals surface area contributed by atoms with Crippen LogP contribution >= 0.6 is 46.6 Å². The van der Waals surface area contributed by atoms with Gasteiger partial charge in [-0.15, -0.1) is 10.2 Å². The van der Waals surface area contributed by atoms with Crippen molar-refractivity contribution in [2.75, 3.05) is 5.75 Å². The van der Waals surface area contributed by atoms with Crippen LogP contribution in [0.3, 0.4) is 0 Å². The van der Waals surface area contributed by atoms with Crippen molar-refractivity contribution in [1.82, 2.24) is 10.2 Å². The van der Waals surface area contributed by atoms with Gasteiger partial charge in [0.2, 0.25) is 5.89 Å². The van der Waals surface area contributed by atoms with Crippen LogP contribution in [0.2, 0.25) is 15.1 Å². The highest BCUT2D eigenvalue weighted by atomic mass is 35.5. The summed E-state index contributed by atoms with van der Waals surface area (Å²) in [5.74, 6) is 0.387. The van der Waals surface area contributed by atoms with Crippen molar-refractivity contribution >= 4 is 52.3 Å². The van der Waals surface area contributed by atoms with E-state index >= 15 is 0 Å². The van der Waals surface area contributed by atoms with Crippen molar-refractivity contribution in [3.05, 3.63) is 63.1 Å². The molecule has 3 aromatic rings. The Bertz CT molecular complexity index is 899. The molecule has 0 radical (unpaired) electrons. The van der Waals surface area contributed by atoms with E-state index in [0.29, 0.717) is 31.7 Å². The Balaban J connectivity index is 1.67. The molecule has 8 heteroatoms. The van der Waals surface area contributed by atoms with Crippen LogP contribution in [0, 0.1) is 0 Å². The third-order valence-corrected chi connectivity index (χ3v) is 4.84. The van der Waals surface area contributed by atoms with Gasteiger partial charge < -0.3 is 4.42 Å². The number of ketones is 1. The number of aromatic nitrogens is 2. The highest BCUT2D eigenvalue weighted by Gasteiger charge is 2.13. The normalized spacial score (nSPS) is 10.8. The molecule has 1 heterocycles. The molecule has 0 aliphatic carbocycles. The van der Waals surface area contributed by atoms with E-state index in [1.165, 1.54) is 6.07 Å². The van der Waals surface area contributed by atoms with Crippen LogP contribution in [-0.2, 0) is 0 Å². The van der Waals surface area contributed by atoms with Crippen molar-refractivity contribution in [3.8, 4) is 11.5 Å². The fourth-order valence-electron chi connectivity index (χ4n) is 1.89. The van der Waals surface area contributed by atoms with Crippen LogP contribution in [0.1, 0.15) is 10.4 Å². The first-order valence-electron chi connectivity index (χ1n) is 6.73. The standard InChI is InChI=1S/C16H9Cl3N2O2S/c17-11-3-1-2-10(6-11)15-20-21-16(23-15)24-8-14(22)9-4-5-12(18)13(19)7-9/h1-7H,8H2. The van der Waals surface area contributed by atoms with E-state index < -0.39 is 0 Å². The fourth-order valence-corrected chi connectivity index (χ4v) is 3.03. The molecule has 1 aromatic heterocycles. The molecule has 0 saturated carbocycles. The molecule has 4 nitrogen and oxygen atoms in total. The minimum atomic E-state index is -0.110. The number of carbonyl (C=O) groups excluding carboxylic acids is 1. The molecule has 0 atom stereocenters. The molecular weight excluding hydrogens is 391 g/mol. The first kappa shape index (κ1) is 17.3. The summed E-state index contributed by atoms with van der Waals surface area (Å²) < 4.78 is 5.54. The molecule has 0 aliphatic rings. The van der Waals surface area contributed by atoms with E-state index in [2.05, 4.69) is 10.2 Å². The number of hydrogen-bond acceptors (Lipinski definition) is 5. The average molecular weight is 400 g/mol. The van der Waals surface area contributed by atoms with Crippen LogP contribution in [0.15, 0.2) is 52.1 Å². The second-order valence-corrected chi connectivity index (χ2v) is 6.90. The van der Waals surface area contributed by atoms with Gasteiger partial charge in [-0.2, -0.15) is 0 Å². The molecular formula is C16H9Cl3N2O2S. The smallest absolute Gasteiger partial charge is 0.277 e. The monoisotopic (exact) mass is 398 g/mol. The number of Topliss-reactive ketones (excluding diaryl/α,β-unsaturated/α-hetero) is 1. The number of benzene rings is 2. The van der Waals surface area contributed by atoms with Gasteiger partial charge in [0.25, 0.3) is 5.22 Å². The Kier molecular flexibility index (Phi) is 5.46. The van der Waals surface area contributed by atoms with Gasteiger partial charge in [0.1, 0.15) is 0 Å². The van der Waals surface area contributed by atoms with Crippen molar-refractivity contribution in [2.24, 2.45) is 0 Å². The molecule has 0 amide bonds. The molecule has 122 valence electrons. The summed E-state index contributed by atoms with van der Waals surface area (Å²) in [6, 6.07) is 11.8. The van der Waals surface area contributed by atoms with Crippen LogP contribution in [0.5, 0.6) is 0 Å². The summed E-state index contributed by atoms with van der Waals surface area (Å²) in [5, 5.41) is 9.51. The Morgan fingerprint density at radius 1 is 1.04 bits per heavy atom. The van der Waals surface area contributed by atoms with Crippen LogP contribution in [0.4, 0.5) is 0 Å². The molecule has 0 fully saturated rings. The highest BCUT2D eigenvalue weighted by molar-refractivity contribution is 7.99. The van der Waals surface area contributed by atoms with Crippen LogP contribution < -0.4 is 0 Å². The second-order valence-electron chi connectivity index (χ2n) is 4.72. The van der Waals surface area contributed by atoms with Gasteiger partial charge in [0, 0.05) is 16.1 Å². The number of rotatable bonds is 5. The van der Waals surface area contributed by atoms with Crippen molar-refractivity contribution in [1.29, 1.82) is 0 Å². The number of nitrogens with zero attached hydrogens (tertiary/aromatic N) is 2. The van der Waals surface area contributed by atoms with Gasteiger partial charge >= 0.3 is 0 Å². The van der Waals surface area contributed by atoms with Crippen molar-refractivity contribution in [3.63, 3.8) is 0 Å². The zero-order valence-corrected chi connectivity index (χ0v) is 15.1. The second kappa shape index (κ2) is 7.57. The summed E-state index contributed by atoms with van der Waals surface area (Å²) in [6.45, 7) is 0. The van der Waals surface area contributed by atoms with E-state index in [9.17, 15) is 4.79 Å². The zero-order chi connectivity index (χ0) is 17.1. The third kappa shape index (κ3) is 4.11. The van der Waals surface area contributed by atoms with Crippen molar-refractivity contribution in [2.45, 2.75) is 5.22 Å². The van der Waals surface area contributed by atoms with Gasteiger partial charge in [-0.1, -0.05) is 52.6 Å². The maximum absolute atomic E-state index is 12.2. The minimum absolute atomic E-state index is 0.110. The quantitative estimate of drug-likeness (QED) is 0.408. The predicted octanol–water partition coefficient (Wildman–Crippen LogP) is 5.67. The molecule has 0 bridgehead atoms. The Labute approximate surface area is 157 Å². The summed E-state index contributed by atoms with van der Waals surface area (Å²) in [7, 11) is 0. The van der Waals surface area contributed by atoms with Gasteiger partial charge in [-0.05, 0) is 36.4 Å². The van der Waals surface area contributed by atoms with Gasteiger partial charge in [-0.3, -0.25) is 4.79 Å². The number of hydrogen-bond donors (Lipinski definition) is 0. The first-order valence-corrected chi connectivity index (χ1v) is 8.85. The molecule has 0 unspecified atom stereocenters. The fraction of sp³-hybridized carbons (Fsp3) is 0.0625. The molecule has 0 saturated heterocycles. The number of carbonyl (C=O) groups is 1. The molecule has 24 heavy (non-hydrogen) atoms. The Morgan fingerprint density at radius 3 is 2.62 bits per heavy atom. The van der Waals surface area contributed by atoms with E-state index in [4.69, 9.17) is 39.2 Å².